The van der Waals surface area contributed by atoms with E-state index in [4.69, 9.17) is 10.2 Å². The van der Waals surface area contributed by atoms with Gasteiger partial charge in [-0.3, -0.25) is 0 Å². The van der Waals surface area contributed by atoms with Crippen molar-refractivity contribution in [2.24, 2.45) is 0 Å². The smallest absolute Gasteiger partial charge is 0.0431 e. The van der Waals surface area contributed by atoms with Crippen molar-refractivity contribution in [3.8, 4) is 0 Å². The van der Waals surface area contributed by atoms with Gasteiger partial charge in [0.05, 0.1) is 0 Å². The zero-order chi connectivity index (χ0) is 50.7. The summed E-state index contributed by atoms with van der Waals surface area (Å²) < 4.78 is 0. The van der Waals surface area contributed by atoms with Crippen molar-refractivity contribution in [1.29, 1.82) is 0 Å². The Morgan fingerprint density at radius 2 is 0.186 bits per heavy atom. The molecule has 0 saturated carbocycles. The minimum Gasteiger partial charge on any atom is -0.396 e. The second kappa shape index (κ2) is 73.2. The Labute approximate surface area is 446 Å². The third kappa shape index (κ3) is 74.4. The summed E-state index contributed by atoms with van der Waals surface area (Å²) >= 11 is 0. The first-order valence-electron chi connectivity index (χ1n) is 34.0. The molecule has 0 aliphatic carbocycles. The summed E-state index contributed by atoms with van der Waals surface area (Å²) in [6.45, 7) is 5.36. The molecule has 0 aromatic heterocycles. The summed E-state index contributed by atoms with van der Waals surface area (Å²) in [5.41, 5.74) is 0. The Hall–Kier alpha value is -0.0800. The molecule has 0 aromatic carbocycles. The monoisotopic (exact) mass is 989 g/mol. The fourth-order valence-corrected chi connectivity index (χ4v) is 11.0. The summed E-state index contributed by atoms with van der Waals surface area (Å²) in [7, 11) is 0. The largest absolute Gasteiger partial charge is 0.396 e. The Bertz CT molecular complexity index is 681. The molecule has 0 saturated heterocycles. The van der Waals surface area contributed by atoms with Gasteiger partial charge in [-0.05, 0) is 12.8 Å². The molecule has 0 radical (unpaired) electrons. The van der Waals surface area contributed by atoms with E-state index >= 15 is 0 Å². The van der Waals surface area contributed by atoms with Crippen LogP contribution in [0, 0.1) is 0 Å². The highest BCUT2D eigenvalue weighted by atomic mass is 16.3. The fraction of sp³-hybridized carbons (Fsp3) is 1.00. The molecule has 0 fully saturated rings. The van der Waals surface area contributed by atoms with E-state index in [2.05, 4.69) is 13.8 Å². The van der Waals surface area contributed by atoms with Crippen LogP contribution in [0.3, 0.4) is 0 Å². The molecular weight excluding hydrogens is 849 g/mol. The standard InChI is InChI=1S/2C34H70O/c2*1-2-3-4-5-6-7-8-9-10-11-12-13-14-15-16-17-18-19-20-21-22-23-24-25-26-27-28-29-30-31-32-33-34-35/h2*35H,2-34H2,1H3. The van der Waals surface area contributed by atoms with E-state index in [1.165, 1.54) is 398 Å². The average Bonchev–Trinajstić information content (AvgIpc) is 3.37. The zero-order valence-electron chi connectivity index (χ0n) is 49.6. The maximum Gasteiger partial charge on any atom is 0.0431 e. The molecule has 0 amide bonds. The van der Waals surface area contributed by atoms with Crippen LogP contribution in [-0.2, 0) is 0 Å². The first-order valence-corrected chi connectivity index (χ1v) is 34.0. The molecule has 0 aromatic rings. The quantitative estimate of drug-likeness (QED) is 0.0596. The molecule has 0 unspecified atom stereocenters. The molecule has 2 nitrogen and oxygen atoms in total. The van der Waals surface area contributed by atoms with Crippen molar-refractivity contribution < 1.29 is 10.2 Å². The summed E-state index contributed by atoms with van der Waals surface area (Å²) in [6.07, 6.45) is 92.1. The van der Waals surface area contributed by atoms with Crippen LogP contribution >= 0.6 is 0 Å². The second-order valence-corrected chi connectivity index (χ2v) is 23.4. The maximum atomic E-state index is 8.78. The van der Waals surface area contributed by atoms with Gasteiger partial charge in [0.2, 0.25) is 0 Å². The van der Waals surface area contributed by atoms with Crippen molar-refractivity contribution in [2.45, 2.75) is 425 Å². The van der Waals surface area contributed by atoms with E-state index in [-0.39, 0.29) is 0 Å². The van der Waals surface area contributed by atoms with Crippen molar-refractivity contribution >= 4 is 0 Å². The van der Waals surface area contributed by atoms with Crippen LogP contribution in [-0.4, -0.2) is 23.4 Å². The van der Waals surface area contributed by atoms with Gasteiger partial charge in [-0.25, -0.2) is 0 Å². The summed E-state index contributed by atoms with van der Waals surface area (Å²) in [6, 6.07) is 0. The molecule has 0 aliphatic rings. The van der Waals surface area contributed by atoms with Gasteiger partial charge in [-0.15, -0.1) is 0 Å². The first-order chi connectivity index (χ1) is 34.8. The lowest BCUT2D eigenvalue weighted by Crippen LogP contribution is -1.85. The SMILES string of the molecule is CCCCCCCCCCCCCCCCCCCCCCCCCCCCCCCCCCO.CCCCCCCCCCCCCCCCCCCCCCCCCCCCCCCCCCO. The number of rotatable bonds is 64. The van der Waals surface area contributed by atoms with Gasteiger partial charge in [0.25, 0.3) is 0 Å². The van der Waals surface area contributed by atoms with E-state index in [9.17, 15) is 0 Å². The number of aliphatic hydroxyl groups excluding tert-OH is 2. The Kier molecular flexibility index (Phi) is 75.2. The zero-order valence-corrected chi connectivity index (χ0v) is 49.6. The third-order valence-corrected chi connectivity index (χ3v) is 16.0. The van der Waals surface area contributed by atoms with E-state index in [1.54, 1.807) is 0 Å². The lowest BCUT2D eigenvalue weighted by molar-refractivity contribution is 0.282. The van der Waals surface area contributed by atoms with Crippen LogP contribution < -0.4 is 0 Å². The summed E-state index contributed by atoms with van der Waals surface area (Å²) in [5, 5.41) is 17.6. The Morgan fingerprint density at radius 1 is 0.114 bits per heavy atom. The Morgan fingerprint density at radius 3 is 0.257 bits per heavy atom. The van der Waals surface area contributed by atoms with Crippen LogP contribution in [0.1, 0.15) is 425 Å². The van der Waals surface area contributed by atoms with Gasteiger partial charge in [0.15, 0.2) is 0 Å². The van der Waals surface area contributed by atoms with Crippen LogP contribution in [0.4, 0.5) is 0 Å². The lowest BCUT2D eigenvalue weighted by atomic mass is 10.0. The topological polar surface area (TPSA) is 40.5 Å². The molecule has 2 N–H and O–H groups in total. The Balaban J connectivity index is 0. The molecule has 70 heavy (non-hydrogen) atoms. The average molecular weight is 990 g/mol. The molecule has 0 heterocycles. The molecule has 2 heteroatoms. The predicted molar refractivity (Wildman–Crippen MR) is 321 cm³/mol. The molecule has 424 valence electrons. The summed E-state index contributed by atoms with van der Waals surface area (Å²) in [5.74, 6) is 0. The number of hydrogen-bond donors (Lipinski definition) is 2. The van der Waals surface area contributed by atoms with Gasteiger partial charge < -0.3 is 10.2 Å². The minimum absolute atomic E-state index is 0.375. The fourth-order valence-electron chi connectivity index (χ4n) is 11.0. The van der Waals surface area contributed by atoms with Gasteiger partial charge in [-0.1, -0.05) is 412 Å². The molecular formula is C68H140O2. The third-order valence-electron chi connectivity index (χ3n) is 16.0. The van der Waals surface area contributed by atoms with Crippen LogP contribution in [0.25, 0.3) is 0 Å². The van der Waals surface area contributed by atoms with Gasteiger partial charge in [0.1, 0.15) is 0 Å². The van der Waals surface area contributed by atoms with Crippen molar-refractivity contribution in [3.05, 3.63) is 0 Å². The maximum absolute atomic E-state index is 8.78. The number of unbranched alkanes of at least 4 members (excludes halogenated alkanes) is 62. The highest BCUT2D eigenvalue weighted by Gasteiger charge is 2.00. The molecule has 0 aliphatic heterocycles. The van der Waals surface area contributed by atoms with E-state index in [0.717, 1.165) is 12.8 Å². The second-order valence-electron chi connectivity index (χ2n) is 23.4. The summed E-state index contributed by atoms with van der Waals surface area (Å²) in [4.78, 5) is 0. The molecule has 0 bridgehead atoms. The molecule has 0 atom stereocenters. The van der Waals surface area contributed by atoms with Crippen molar-refractivity contribution in [1.82, 2.24) is 0 Å². The lowest BCUT2D eigenvalue weighted by Gasteiger charge is -2.04. The highest BCUT2D eigenvalue weighted by molar-refractivity contribution is 4.55. The normalized spacial score (nSPS) is 11.5. The van der Waals surface area contributed by atoms with Gasteiger partial charge in [-0.2, -0.15) is 0 Å². The van der Waals surface area contributed by atoms with Crippen LogP contribution in [0.15, 0.2) is 0 Å². The van der Waals surface area contributed by atoms with Gasteiger partial charge in [0, 0.05) is 13.2 Å². The van der Waals surface area contributed by atoms with Crippen molar-refractivity contribution in [2.75, 3.05) is 13.2 Å². The highest BCUT2D eigenvalue weighted by Crippen LogP contribution is 2.19. The van der Waals surface area contributed by atoms with E-state index in [0.29, 0.717) is 13.2 Å². The van der Waals surface area contributed by atoms with E-state index < -0.39 is 0 Å². The molecule has 0 rings (SSSR count). The first kappa shape index (κ1) is 72.0. The number of aliphatic hydroxyl groups is 2. The van der Waals surface area contributed by atoms with Crippen LogP contribution in [0.2, 0.25) is 0 Å². The minimum atomic E-state index is 0.375. The predicted octanol–water partition coefficient (Wildman–Crippen LogP) is 25.0. The molecule has 0 spiro atoms. The van der Waals surface area contributed by atoms with E-state index in [1.807, 2.05) is 0 Å². The number of hydrogen-bond acceptors (Lipinski definition) is 2. The van der Waals surface area contributed by atoms with Gasteiger partial charge >= 0.3 is 0 Å². The van der Waals surface area contributed by atoms with Crippen molar-refractivity contribution in [3.63, 3.8) is 0 Å². The van der Waals surface area contributed by atoms with Crippen LogP contribution in [0.5, 0.6) is 0 Å².